The summed E-state index contributed by atoms with van der Waals surface area (Å²) in [6, 6.07) is 15.4. The van der Waals surface area contributed by atoms with Gasteiger partial charge in [0.1, 0.15) is 5.76 Å². The molecule has 4 rings (SSSR count). The van der Waals surface area contributed by atoms with E-state index in [1.807, 2.05) is 6.07 Å². The monoisotopic (exact) mass is 293 g/mol. The summed E-state index contributed by atoms with van der Waals surface area (Å²) >= 11 is 0. The Labute approximate surface area is 130 Å². The number of carbonyl (C=O) groups is 1. The van der Waals surface area contributed by atoms with Gasteiger partial charge >= 0.3 is 0 Å². The average Bonchev–Trinajstić information content (AvgIpc) is 3.11. The van der Waals surface area contributed by atoms with Crippen molar-refractivity contribution in [2.75, 3.05) is 0 Å². The summed E-state index contributed by atoms with van der Waals surface area (Å²) in [5.74, 6) is 1.27. The smallest absolute Gasteiger partial charge is 0.185 e. The van der Waals surface area contributed by atoms with Crippen LogP contribution < -0.4 is 0 Å². The lowest BCUT2D eigenvalue weighted by Crippen LogP contribution is -2.37. The van der Waals surface area contributed by atoms with Crippen LogP contribution in [-0.2, 0) is 6.54 Å². The van der Waals surface area contributed by atoms with Crippen LogP contribution in [0.2, 0.25) is 0 Å². The lowest BCUT2D eigenvalue weighted by molar-refractivity contribution is 0.110. The first-order valence-corrected chi connectivity index (χ1v) is 7.89. The Morgan fingerprint density at radius 2 is 2.00 bits per heavy atom. The second-order valence-electron chi connectivity index (χ2n) is 6.17. The van der Waals surface area contributed by atoms with E-state index in [-0.39, 0.29) is 0 Å². The van der Waals surface area contributed by atoms with Gasteiger partial charge in [-0.3, -0.25) is 9.69 Å². The van der Waals surface area contributed by atoms with Crippen molar-refractivity contribution in [1.29, 1.82) is 0 Å². The van der Waals surface area contributed by atoms with Crippen molar-refractivity contribution in [3.63, 3.8) is 0 Å². The number of nitrogens with zero attached hydrogens (tertiary/aromatic N) is 1. The number of carbonyl (C=O) groups excluding carboxylic acids is 1. The number of hydrogen-bond donors (Lipinski definition) is 0. The van der Waals surface area contributed by atoms with Crippen molar-refractivity contribution >= 4 is 11.9 Å². The number of rotatable bonds is 4. The minimum Gasteiger partial charge on any atom is -0.454 e. The molecule has 0 aliphatic carbocycles. The number of furan rings is 1. The Hall–Kier alpha value is -2.13. The van der Waals surface area contributed by atoms with Gasteiger partial charge in [-0.15, -0.1) is 0 Å². The van der Waals surface area contributed by atoms with Gasteiger partial charge in [0.2, 0.25) is 0 Å². The Kier molecular flexibility index (Phi) is 3.43. The number of aldehydes is 1. The Morgan fingerprint density at radius 1 is 1.14 bits per heavy atom. The van der Waals surface area contributed by atoms with Crippen LogP contribution in [0.25, 0.3) is 5.57 Å². The largest absolute Gasteiger partial charge is 0.454 e. The van der Waals surface area contributed by atoms with E-state index in [9.17, 15) is 4.79 Å². The average molecular weight is 293 g/mol. The molecule has 3 nitrogen and oxygen atoms in total. The molecule has 0 N–H and O–H groups in total. The quantitative estimate of drug-likeness (QED) is 0.801. The minimum atomic E-state index is 0.412. The first-order valence-electron chi connectivity index (χ1n) is 7.89. The van der Waals surface area contributed by atoms with Gasteiger partial charge in [-0.25, -0.2) is 0 Å². The molecule has 22 heavy (non-hydrogen) atoms. The maximum atomic E-state index is 10.8. The fourth-order valence-corrected chi connectivity index (χ4v) is 3.73. The first kappa shape index (κ1) is 13.5. The van der Waals surface area contributed by atoms with Crippen LogP contribution in [-0.4, -0.2) is 23.3 Å². The van der Waals surface area contributed by atoms with E-state index in [0.29, 0.717) is 17.8 Å². The first-order chi connectivity index (χ1) is 10.8. The van der Waals surface area contributed by atoms with Crippen molar-refractivity contribution in [3.8, 4) is 0 Å². The molecule has 2 aliphatic heterocycles. The molecule has 112 valence electrons. The molecule has 2 bridgehead atoms. The van der Waals surface area contributed by atoms with E-state index in [1.54, 1.807) is 6.07 Å². The van der Waals surface area contributed by atoms with Crippen LogP contribution in [0.4, 0.5) is 0 Å². The van der Waals surface area contributed by atoms with Crippen LogP contribution in [0.1, 0.15) is 41.1 Å². The third-order valence-corrected chi connectivity index (χ3v) is 4.81. The van der Waals surface area contributed by atoms with Crippen molar-refractivity contribution in [3.05, 3.63) is 65.6 Å². The van der Waals surface area contributed by atoms with E-state index < -0.39 is 0 Å². The van der Waals surface area contributed by atoms with E-state index in [1.165, 1.54) is 24.0 Å². The number of hydrogen-bond acceptors (Lipinski definition) is 3. The standard InChI is InChI=1S/C19H19NO2/c21-13-18-8-9-19(22-18)15-10-16-6-7-17(11-15)20(16)12-14-4-2-1-3-5-14/h1-5,8-10,13,16-17H,6-7,11-12H2. The predicted molar refractivity (Wildman–Crippen MR) is 85.5 cm³/mol. The lowest BCUT2D eigenvalue weighted by Gasteiger charge is -2.33. The number of fused-ring (bicyclic) bond motifs is 2. The van der Waals surface area contributed by atoms with Gasteiger partial charge in [-0.05, 0) is 42.5 Å². The summed E-state index contributed by atoms with van der Waals surface area (Å²) in [5.41, 5.74) is 2.63. The Balaban J connectivity index is 1.56. The third-order valence-electron chi connectivity index (χ3n) is 4.81. The van der Waals surface area contributed by atoms with Gasteiger partial charge in [0.25, 0.3) is 0 Å². The van der Waals surface area contributed by atoms with Gasteiger partial charge in [-0.1, -0.05) is 36.4 Å². The maximum absolute atomic E-state index is 10.8. The molecule has 2 unspecified atom stereocenters. The second-order valence-corrected chi connectivity index (χ2v) is 6.17. The molecular weight excluding hydrogens is 274 g/mol. The van der Waals surface area contributed by atoms with Crippen molar-refractivity contribution in [2.24, 2.45) is 0 Å². The van der Waals surface area contributed by atoms with Crippen molar-refractivity contribution in [1.82, 2.24) is 4.90 Å². The zero-order valence-electron chi connectivity index (χ0n) is 12.4. The van der Waals surface area contributed by atoms with Gasteiger partial charge < -0.3 is 4.42 Å². The van der Waals surface area contributed by atoms with Crippen LogP contribution in [0.3, 0.4) is 0 Å². The van der Waals surface area contributed by atoms with E-state index in [0.717, 1.165) is 25.0 Å². The highest BCUT2D eigenvalue weighted by Gasteiger charge is 2.37. The molecule has 3 heterocycles. The summed E-state index contributed by atoms with van der Waals surface area (Å²) in [6.07, 6.45) is 6.55. The lowest BCUT2D eigenvalue weighted by atomic mass is 9.98. The summed E-state index contributed by atoms with van der Waals surface area (Å²) in [5, 5.41) is 0. The SMILES string of the molecule is O=Cc1ccc(C2=CC3CCC(C2)N3Cc2ccccc2)o1. The van der Waals surface area contributed by atoms with Gasteiger partial charge in [0.05, 0.1) is 0 Å². The van der Waals surface area contributed by atoms with E-state index in [4.69, 9.17) is 4.42 Å². The molecule has 0 amide bonds. The Morgan fingerprint density at radius 3 is 2.73 bits per heavy atom. The molecule has 1 aromatic carbocycles. The van der Waals surface area contributed by atoms with Crippen LogP contribution in [0.15, 0.2) is 53.0 Å². The normalized spacial score (nSPS) is 24.3. The molecule has 1 fully saturated rings. The zero-order chi connectivity index (χ0) is 14.9. The highest BCUT2D eigenvalue weighted by Crippen LogP contribution is 2.39. The molecule has 2 aromatic rings. The molecule has 2 aliphatic rings. The minimum absolute atomic E-state index is 0.412. The van der Waals surface area contributed by atoms with Gasteiger partial charge in [0.15, 0.2) is 12.0 Å². The van der Waals surface area contributed by atoms with Crippen LogP contribution >= 0.6 is 0 Å². The molecule has 1 aromatic heterocycles. The van der Waals surface area contributed by atoms with Gasteiger partial charge in [0, 0.05) is 18.6 Å². The van der Waals surface area contributed by atoms with E-state index in [2.05, 4.69) is 41.3 Å². The Bertz CT molecular complexity index is 701. The molecule has 0 saturated carbocycles. The fraction of sp³-hybridized carbons (Fsp3) is 0.316. The summed E-state index contributed by atoms with van der Waals surface area (Å²) in [6.45, 7) is 1.01. The number of benzene rings is 1. The highest BCUT2D eigenvalue weighted by atomic mass is 16.3. The summed E-state index contributed by atoms with van der Waals surface area (Å²) < 4.78 is 5.60. The third kappa shape index (κ3) is 2.42. The van der Waals surface area contributed by atoms with Crippen LogP contribution in [0.5, 0.6) is 0 Å². The molecule has 3 heteroatoms. The van der Waals surface area contributed by atoms with Gasteiger partial charge in [-0.2, -0.15) is 0 Å². The molecule has 2 atom stereocenters. The second kappa shape index (κ2) is 5.58. The molecule has 0 spiro atoms. The summed E-state index contributed by atoms with van der Waals surface area (Å²) in [7, 11) is 0. The zero-order valence-corrected chi connectivity index (χ0v) is 12.4. The maximum Gasteiger partial charge on any atom is 0.185 e. The fourth-order valence-electron chi connectivity index (χ4n) is 3.73. The molecule has 1 saturated heterocycles. The summed E-state index contributed by atoms with van der Waals surface area (Å²) in [4.78, 5) is 13.4. The van der Waals surface area contributed by atoms with Crippen molar-refractivity contribution in [2.45, 2.75) is 37.9 Å². The predicted octanol–water partition coefficient (Wildman–Crippen LogP) is 3.91. The van der Waals surface area contributed by atoms with Crippen LogP contribution in [0, 0.1) is 0 Å². The van der Waals surface area contributed by atoms with E-state index >= 15 is 0 Å². The molecular formula is C19H19NO2. The highest BCUT2D eigenvalue weighted by molar-refractivity contribution is 5.73. The molecule has 0 radical (unpaired) electrons. The van der Waals surface area contributed by atoms with Crippen molar-refractivity contribution < 1.29 is 9.21 Å². The topological polar surface area (TPSA) is 33.5 Å².